The maximum atomic E-state index is 10.9. The molecule has 4 nitrogen and oxygen atoms in total. The van der Waals surface area contributed by atoms with E-state index in [0.29, 0.717) is 0 Å². The van der Waals surface area contributed by atoms with E-state index in [0.717, 1.165) is 37.7 Å². The van der Waals surface area contributed by atoms with Gasteiger partial charge < -0.3 is 9.80 Å². The van der Waals surface area contributed by atoms with Gasteiger partial charge in [-0.15, -0.1) is 0 Å². The van der Waals surface area contributed by atoms with Gasteiger partial charge in [0.1, 0.15) is 0 Å². The average molecular weight is 311 g/mol. The van der Waals surface area contributed by atoms with Crippen molar-refractivity contribution in [3.05, 3.63) is 55.0 Å². The van der Waals surface area contributed by atoms with Crippen LogP contribution in [0.4, 0.5) is 0 Å². The number of carbonyl (C=O) groups is 1. The number of aromatic nitrogens is 1. The minimum absolute atomic E-state index is 0.0556. The predicted octanol–water partition coefficient (Wildman–Crippen LogP) is 3.66. The molecule has 1 aliphatic heterocycles. The van der Waals surface area contributed by atoms with Gasteiger partial charge >= 0.3 is 0 Å². The summed E-state index contributed by atoms with van der Waals surface area (Å²) in [6.07, 6.45) is 8.95. The fourth-order valence-corrected chi connectivity index (χ4v) is 2.64. The molecule has 2 heterocycles. The van der Waals surface area contributed by atoms with Crippen LogP contribution in [0.1, 0.15) is 26.7 Å². The Morgan fingerprint density at radius 1 is 1.00 bits per heavy atom. The van der Waals surface area contributed by atoms with Crippen LogP contribution < -0.4 is 0 Å². The summed E-state index contributed by atoms with van der Waals surface area (Å²) < 4.78 is 0. The highest BCUT2D eigenvalue weighted by molar-refractivity contribution is 5.77. The van der Waals surface area contributed by atoms with Gasteiger partial charge in [-0.1, -0.05) is 38.1 Å². The second kappa shape index (κ2) is 8.93. The first-order valence-corrected chi connectivity index (χ1v) is 8.25. The van der Waals surface area contributed by atoms with Gasteiger partial charge in [0.15, 0.2) is 12.5 Å². The molecule has 0 N–H and O–H groups in total. The normalized spacial score (nSPS) is 14.0. The van der Waals surface area contributed by atoms with Crippen molar-refractivity contribution in [2.45, 2.75) is 32.9 Å². The Bertz CT molecular complexity index is 560. The van der Waals surface area contributed by atoms with E-state index in [-0.39, 0.29) is 6.17 Å². The number of nitrogens with zero attached hydrogens (tertiary/aromatic N) is 3. The molecule has 4 heteroatoms. The molecule has 2 aromatic rings. The zero-order valence-corrected chi connectivity index (χ0v) is 13.9. The first-order chi connectivity index (χ1) is 11.3. The quantitative estimate of drug-likeness (QED) is 0.790. The number of aldehydes is 1. The van der Waals surface area contributed by atoms with Crippen molar-refractivity contribution in [3.8, 4) is 0 Å². The molecule has 23 heavy (non-hydrogen) atoms. The summed E-state index contributed by atoms with van der Waals surface area (Å²) in [7, 11) is 0. The van der Waals surface area contributed by atoms with E-state index in [4.69, 9.17) is 0 Å². The van der Waals surface area contributed by atoms with Crippen LogP contribution in [0, 0.1) is 0 Å². The number of benzene rings is 1. The zero-order valence-electron chi connectivity index (χ0n) is 13.9. The van der Waals surface area contributed by atoms with E-state index in [1.165, 1.54) is 5.39 Å². The highest BCUT2D eigenvalue weighted by Gasteiger charge is 2.23. The Kier molecular flexibility index (Phi) is 6.60. The van der Waals surface area contributed by atoms with Crippen LogP contribution in [0.15, 0.2) is 55.0 Å². The molecule has 0 saturated heterocycles. The number of carbonyl (C=O) groups excluding carboxylic acids is 1. The molecular formula is C19H25N3O. The van der Waals surface area contributed by atoms with E-state index in [1.54, 1.807) is 0 Å². The van der Waals surface area contributed by atoms with Crippen molar-refractivity contribution >= 4 is 17.2 Å². The van der Waals surface area contributed by atoms with Crippen molar-refractivity contribution in [2.24, 2.45) is 0 Å². The fraction of sp³-hybridized carbons (Fsp3) is 0.368. The molecule has 1 aromatic carbocycles. The Balaban J connectivity index is 0.000000172. The summed E-state index contributed by atoms with van der Waals surface area (Å²) in [5.74, 6) is 0. The molecule has 0 radical (unpaired) electrons. The van der Waals surface area contributed by atoms with Crippen molar-refractivity contribution in [1.82, 2.24) is 14.8 Å². The summed E-state index contributed by atoms with van der Waals surface area (Å²) in [5, 5.41) is 1.20. The summed E-state index contributed by atoms with van der Waals surface area (Å²) in [5.41, 5.74) is 1.06. The van der Waals surface area contributed by atoms with Gasteiger partial charge in [0.25, 0.3) is 0 Å². The molecule has 122 valence electrons. The Morgan fingerprint density at radius 3 is 2.17 bits per heavy atom. The minimum atomic E-state index is -0.0556. The van der Waals surface area contributed by atoms with Crippen LogP contribution in [-0.2, 0) is 4.79 Å². The lowest BCUT2D eigenvalue weighted by atomic mass is 10.2. The standard InChI is InChI=1S/C10H18N2O.C9H7N/c1-3-5-11-7-8-12(6-4-2)10(11)9-13;1-2-6-9-8(4-1)5-3-7-10-9/h7-10H,3-6H2,1-2H3;1-7H. The molecule has 0 atom stereocenters. The number of pyridine rings is 1. The highest BCUT2D eigenvalue weighted by atomic mass is 16.1. The molecule has 0 amide bonds. The van der Waals surface area contributed by atoms with E-state index in [1.807, 2.05) is 42.9 Å². The van der Waals surface area contributed by atoms with Gasteiger partial charge in [-0.3, -0.25) is 9.78 Å². The molecule has 0 spiro atoms. The SMILES string of the molecule is CCCN1C=CN(CCC)C1C=O.c1ccc2ncccc2c1. The van der Waals surface area contributed by atoms with Gasteiger partial charge in [0.2, 0.25) is 0 Å². The number of para-hydroxylation sites is 1. The van der Waals surface area contributed by atoms with Gasteiger partial charge in [0, 0.05) is 37.1 Å². The maximum Gasteiger partial charge on any atom is 0.162 e. The molecule has 3 rings (SSSR count). The van der Waals surface area contributed by atoms with Crippen LogP contribution in [0.5, 0.6) is 0 Å². The zero-order chi connectivity index (χ0) is 16.5. The van der Waals surface area contributed by atoms with Gasteiger partial charge in [-0.05, 0) is 25.0 Å². The maximum absolute atomic E-state index is 10.9. The molecule has 1 aliphatic rings. The first-order valence-electron chi connectivity index (χ1n) is 8.25. The number of rotatable bonds is 5. The lowest BCUT2D eigenvalue weighted by Crippen LogP contribution is -2.40. The van der Waals surface area contributed by atoms with Crippen LogP contribution >= 0.6 is 0 Å². The lowest BCUT2D eigenvalue weighted by molar-refractivity contribution is -0.114. The molecule has 1 aromatic heterocycles. The largest absolute Gasteiger partial charge is 0.350 e. The summed E-state index contributed by atoms with van der Waals surface area (Å²) in [6.45, 7) is 6.16. The Morgan fingerprint density at radius 2 is 1.61 bits per heavy atom. The number of hydrogen-bond donors (Lipinski definition) is 0. The van der Waals surface area contributed by atoms with Crippen LogP contribution in [0.2, 0.25) is 0 Å². The molecule has 0 aliphatic carbocycles. The van der Waals surface area contributed by atoms with E-state index < -0.39 is 0 Å². The fourth-order valence-electron chi connectivity index (χ4n) is 2.64. The monoisotopic (exact) mass is 311 g/mol. The van der Waals surface area contributed by atoms with Crippen LogP contribution in [0.3, 0.4) is 0 Å². The van der Waals surface area contributed by atoms with Crippen LogP contribution in [-0.4, -0.2) is 40.3 Å². The third-order valence-electron chi connectivity index (χ3n) is 3.73. The third kappa shape index (κ3) is 4.55. The molecule has 0 saturated carbocycles. The average Bonchev–Trinajstić information content (AvgIpc) is 2.98. The highest BCUT2D eigenvalue weighted by Crippen LogP contribution is 2.14. The van der Waals surface area contributed by atoms with Crippen molar-refractivity contribution in [2.75, 3.05) is 13.1 Å². The lowest BCUT2D eigenvalue weighted by Gasteiger charge is -2.27. The first kappa shape index (κ1) is 17.0. The topological polar surface area (TPSA) is 36.4 Å². The second-order valence-corrected chi connectivity index (χ2v) is 5.52. The Hall–Kier alpha value is -2.36. The van der Waals surface area contributed by atoms with E-state index >= 15 is 0 Å². The van der Waals surface area contributed by atoms with Gasteiger partial charge in [-0.2, -0.15) is 0 Å². The van der Waals surface area contributed by atoms with Gasteiger partial charge in [0.05, 0.1) is 5.52 Å². The molecule has 0 bridgehead atoms. The molecular weight excluding hydrogens is 286 g/mol. The van der Waals surface area contributed by atoms with Crippen molar-refractivity contribution in [3.63, 3.8) is 0 Å². The summed E-state index contributed by atoms with van der Waals surface area (Å²) in [4.78, 5) is 19.2. The van der Waals surface area contributed by atoms with Crippen molar-refractivity contribution in [1.29, 1.82) is 0 Å². The molecule has 0 unspecified atom stereocenters. The van der Waals surface area contributed by atoms with E-state index in [9.17, 15) is 4.79 Å². The smallest absolute Gasteiger partial charge is 0.162 e. The summed E-state index contributed by atoms with van der Waals surface area (Å²) >= 11 is 0. The summed E-state index contributed by atoms with van der Waals surface area (Å²) in [6, 6.07) is 12.1. The Labute approximate surface area is 138 Å². The van der Waals surface area contributed by atoms with Crippen LogP contribution in [0.25, 0.3) is 10.9 Å². The predicted molar refractivity (Wildman–Crippen MR) is 94.7 cm³/mol. The number of fused-ring (bicyclic) bond motifs is 1. The van der Waals surface area contributed by atoms with Gasteiger partial charge in [-0.25, -0.2) is 0 Å². The molecule has 0 fully saturated rings. The third-order valence-corrected chi connectivity index (χ3v) is 3.73. The minimum Gasteiger partial charge on any atom is -0.350 e. The van der Waals surface area contributed by atoms with E-state index in [2.05, 4.69) is 40.8 Å². The van der Waals surface area contributed by atoms with Crippen molar-refractivity contribution < 1.29 is 4.79 Å². The second-order valence-electron chi connectivity index (χ2n) is 5.52. The number of hydrogen-bond acceptors (Lipinski definition) is 4.